The number of rotatable bonds is 2. The molecule has 0 aliphatic heterocycles. The first-order valence-electron chi connectivity index (χ1n) is 4.49. The van der Waals surface area contributed by atoms with E-state index in [0.717, 1.165) is 6.07 Å². The van der Waals surface area contributed by atoms with Crippen molar-refractivity contribution in [3.05, 3.63) is 33.6 Å². The first-order valence-corrected chi connectivity index (χ1v) is 5.25. The van der Waals surface area contributed by atoms with Crippen LogP contribution >= 0.6 is 23.2 Å². The van der Waals surface area contributed by atoms with Crippen LogP contribution in [0.15, 0.2) is 17.2 Å². The lowest BCUT2D eigenvalue weighted by atomic mass is 10.1. The van der Waals surface area contributed by atoms with Gasteiger partial charge in [-0.2, -0.15) is 5.10 Å². The molecule has 17 heavy (non-hydrogen) atoms. The number of methoxy groups -OCH3 is 1. The van der Waals surface area contributed by atoms with E-state index < -0.39 is 11.9 Å². The summed E-state index contributed by atoms with van der Waals surface area (Å²) in [6.07, 6.45) is -0.743. The van der Waals surface area contributed by atoms with Gasteiger partial charge in [0.05, 0.1) is 22.9 Å². The van der Waals surface area contributed by atoms with E-state index in [4.69, 9.17) is 23.2 Å². The summed E-state index contributed by atoms with van der Waals surface area (Å²) in [4.78, 5) is 10.8. The second kappa shape index (κ2) is 5.84. The maximum absolute atomic E-state index is 13.2. The minimum Gasteiger partial charge on any atom is -0.452 e. The van der Waals surface area contributed by atoms with Crippen molar-refractivity contribution in [2.75, 3.05) is 7.11 Å². The summed E-state index contributed by atoms with van der Waals surface area (Å²) in [6.45, 7) is 1.53. The van der Waals surface area contributed by atoms with E-state index in [1.165, 1.54) is 20.1 Å². The zero-order chi connectivity index (χ0) is 13.0. The highest BCUT2D eigenvalue weighted by molar-refractivity contribution is 6.40. The van der Waals surface area contributed by atoms with Crippen molar-refractivity contribution in [1.82, 2.24) is 5.43 Å². The molecule has 1 aromatic rings. The summed E-state index contributed by atoms with van der Waals surface area (Å²) in [7, 11) is 1.20. The largest absolute Gasteiger partial charge is 0.452 e. The maximum Gasteiger partial charge on any atom is 0.427 e. The number of halogens is 3. The normalized spacial score (nSPS) is 11.2. The topological polar surface area (TPSA) is 50.7 Å². The molecule has 0 aromatic heterocycles. The van der Waals surface area contributed by atoms with Gasteiger partial charge in [0.15, 0.2) is 0 Å². The van der Waals surface area contributed by atoms with Crippen molar-refractivity contribution < 1.29 is 13.9 Å². The molecule has 0 saturated heterocycles. The fraction of sp³-hybridized carbons (Fsp3) is 0.200. The van der Waals surface area contributed by atoms with Crippen molar-refractivity contribution in [1.29, 1.82) is 0 Å². The van der Waals surface area contributed by atoms with Gasteiger partial charge >= 0.3 is 6.09 Å². The number of nitrogens with one attached hydrogen (secondary N) is 1. The van der Waals surface area contributed by atoms with Crippen LogP contribution in [0.1, 0.15) is 12.5 Å². The Hall–Kier alpha value is -1.33. The monoisotopic (exact) mass is 278 g/mol. The van der Waals surface area contributed by atoms with Gasteiger partial charge in [-0.1, -0.05) is 23.2 Å². The summed E-state index contributed by atoms with van der Waals surface area (Å²) in [6, 6.07) is 2.50. The summed E-state index contributed by atoms with van der Waals surface area (Å²) in [5.74, 6) is -0.612. The Morgan fingerprint density at radius 3 is 2.71 bits per heavy atom. The van der Waals surface area contributed by atoms with E-state index in [9.17, 15) is 9.18 Å². The molecule has 0 bridgehead atoms. The third kappa shape index (κ3) is 3.31. The van der Waals surface area contributed by atoms with Gasteiger partial charge in [-0.25, -0.2) is 14.6 Å². The SMILES string of the molecule is COC(=O)N/N=C(/C)c1c(Cl)ccc(F)c1Cl. The minimum absolute atomic E-state index is 0.148. The molecule has 92 valence electrons. The van der Waals surface area contributed by atoms with Crippen molar-refractivity contribution >= 4 is 35.0 Å². The second-order valence-corrected chi connectivity index (χ2v) is 3.80. The predicted octanol–water partition coefficient (Wildman–Crippen LogP) is 3.21. The molecule has 0 unspecified atom stereocenters. The van der Waals surface area contributed by atoms with Gasteiger partial charge in [-0.3, -0.25) is 0 Å². The summed E-state index contributed by atoms with van der Waals surface area (Å²) >= 11 is 11.6. The molecule has 1 aromatic carbocycles. The van der Waals surface area contributed by atoms with Crippen LogP contribution in [0.25, 0.3) is 0 Å². The van der Waals surface area contributed by atoms with Crippen LogP contribution in [-0.2, 0) is 4.74 Å². The standard InChI is InChI=1S/C10H9Cl2FN2O2/c1-5(14-15-10(16)17-2)8-6(11)3-4-7(13)9(8)12/h3-4H,1-2H3,(H,15,16)/b14-5-. The predicted molar refractivity (Wildman–Crippen MR) is 64.2 cm³/mol. The van der Waals surface area contributed by atoms with Gasteiger partial charge in [-0.15, -0.1) is 0 Å². The van der Waals surface area contributed by atoms with Gasteiger partial charge in [0.2, 0.25) is 0 Å². The number of carbonyl (C=O) groups excluding carboxylic acids is 1. The van der Waals surface area contributed by atoms with Crippen molar-refractivity contribution in [3.63, 3.8) is 0 Å². The highest BCUT2D eigenvalue weighted by Crippen LogP contribution is 2.27. The third-order valence-corrected chi connectivity index (χ3v) is 2.59. The molecule has 1 N–H and O–H groups in total. The van der Waals surface area contributed by atoms with E-state index in [0.29, 0.717) is 0 Å². The molecule has 1 amide bonds. The number of nitrogens with zero attached hydrogens (tertiary/aromatic N) is 1. The molecule has 0 saturated carbocycles. The van der Waals surface area contributed by atoms with Crippen LogP contribution in [0.2, 0.25) is 10.0 Å². The fourth-order valence-corrected chi connectivity index (χ4v) is 1.73. The van der Waals surface area contributed by atoms with E-state index in [1.54, 1.807) is 0 Å². The highest BCUT2D eigenvalue weighted by atomic mass is 35.5. The Labute approximate surface area is 107 Å². The van der Waals surface area contributed by atoms with Crippen molar-refractivity contribution in [3.8, 4) is 0 Å². The lowest BCUT2D eigenvalue weighted by Crippen LogP contribution is -2.19. The van der Waals surface area contributed by atoms with Crippen LogP contribution < -0.4 is 5.43 Å². The van der Waals surface area contributed by atoms with Crippen molar-refractivity contribution in [2.45, 2.75) is 6.92 Å². The lowest BCUT2D eigenvalue weighted by molar-refractivity contribution is 0.171. The number of ether oxygens (including phenoxy) is 1. The summed E-state index contributed by atoms with van der Waals surface area (Å²) < 4.78 is 17.6. The van der Waals surface area contributed by atoms with E-state index in [1.807, 2.05) is 0 Å². The quantitative estimate of drug-likeness (QED) is 0.513. The van der Waals surface area contributed by atoms with E-state index in [-0.39, 0.29) is 21.3 Å². The molecule has 0 heterocycles. The Morgan fingerprint density at radius 1 is 1.47 bits per heavy atom. The van der Waals surface area contributed by atoms with Gasteiger partial charge in [-0.05, 0) is 19.1 Å². The van der Waals surface area contributed by atoms with Crippen LogP contribution in [0.5, 0.6) is 0 Å². The smallest absolute Gasteiger partial charge is 0.427 e. The van der Waals surface area contributed by atoms with Gasteiger partial charge in [0.25, 0.3) is 0 Å². The summed E-state index contributed by atoms with van der Waals surface area (Å²) in [5, 5.41) is 3.78. The molecule has 4 nitrogen and oxygen atoms in total. The number of hydrogen-bond acceptors (Lipinski definition) is 3. The molecule has 7 heteroatoms. The van der Waals surface area contributed by atoms with E-state index >= 15 is 0 Å². The fourth-order valence-electron chi connectivity index (χ4n) is 1.09. The molecule has 1 rings (SSSR count). The number of carbonyl (C=O) groups is 1. The zero-order valence-electron chi connectivity index (χ0n) is 9.05. The Balaban J connectivity index is 3.07. The number of hydrazone groups is 1. The zero-order valence-corrected chi connectivity index (χ0v) is 10.6. The number of benzene rings is 1. The van der Waals surface area contributed by atoms with Crippen molar-refractivity contribution in [2.24, 2.45) is 5.10 Å². The summed E-state index contributed by atoms with van der Waals surface area (Å²) in [5.41, 5.74) is 2.59. The first-order chi connectivity index (χ1) is 7.97. The Bertz CT molecular complexity index is 478. The third-order valence-electron chi connectivity index (χ3n) is 1.91. The average Bonchev–Trinajstić information content (AvgIpc) is 2.31. The molecular weight excluding hydrogens is 270 g/mol. The second-order valence-electron chi connectivity index (χ2n) is 3.02. The van der Waals surface area contributed by atoms with Gasteiger partial charge in [0, 0.05) is 5.56 Å². The Kier molecular flexibility index (Phi) is 4.72. The number of hydrogen-bond donors (Lipinski definition) is 1. The maximum atomic E-state index is 13.2. The van der Waals surface area contributed by atoms with E-state index in [2.05, 4.69) is 15.3 Å². The minimum atomic E-state index is -0.743. The number of amides is 1. The molecule has 0 aliphatic rings. The molecular formula is C10H9Cl2FN2O2. The van der Waals surface area contributed by atoms with Gasteiger partial charge < -0.3 is 4.74 Å². The van der Waals surface area contributed by atoms with Crippen LogP contribution in [-0.4, -0.2) is 18.9 Å². The molecule has 0 radical (unpaired) electrons. The van der Waals surface area contributed by atoms with Crippen LogP contribution in [0.4, 0.5) is 9.18 Å². The van der Waals surface area contributed by atoms with Gasteiger partial charge in [0.1, 0.15) is 5.82 Å². The molecule has 0 fully saturated rings. The van der Waals surface area contributed by atoms with Crippen LogP contribution in [0, 0.1) is 5.82 Å². The Morgan fingerprint density at radius 2 is 2.12 bits per heavy atom. The average molecular weight is 279 g/mol. The van der Waals surface area contributed by atoms with Crippen LogP contribution in [0.3, 0.4) is 0 Å². The lowest BCUT2D eigenvalue weighted by Gasteiger charge is -2.07. The molecule has 0 atom stereocenters. The molecule has 0 spiro atoms. The molecule has 0 aliphatic carbocycles. The first kappa shape index (κ1) is 13.7. The highest BCUT2D eigenvalue weighted by Gasteiger charge is 2.13.